The van der Waals surface area contributed by atoms with Gasteiger partial charge in [-0.25, -0.2) is 8.78 Å². The molecule has 0 radical (unpaired) electrons. The number of benzene rings is 1. The highest BCUT2D eigenvalue weighted by Crippen LogP contribution is 2.30. The van der Waals surface area contributed by atoms with Gasteiger partial charge in [-0.05, 0) is 25.0 Å². The fourth-order valence-corrected chi connectivity index (χ4v) is 3.28. The van der Waals surface area contributed by atoms with Crippen molar-refractivity contribution in [1.82, 2.24) is 10.2 Å². The molecule has 1 fully saturated rings. The van der Waals surface area contributed by atoms with Gasteiger partial charge in [-0.2, -0.15) is 0 Å². The number of piperidine rings is 1. The first-order valence-corrected chi connectivity index (χ1v) is 8.08. The molecule has 22 heavy (non-hydrogen) atoms. The minimum atomic E-state index is -2.55. The standard InChI is InChI=1S/C15H17F2N3OS/c16-13(17)14-18-19-15(22-14)20-8-4-5-11(9-20)10-21-12-6-2-1-3-7-12/h1-3,6-7,11,13H,4-5,8-10H2. The van der Waals surface area contributed by atoms with Gasteiger partial charge in [0.25, 0.3) is 6.43 Å². The van der Waals surface area contributed by atoms with Gasteiger partial charge in [0, 0.05) is 19.0 Å². The predicted molar refractivity (Wildman–Crippen MR) is 81.7 cm³/mol. The number of hydrogen-bond donors (Lipinski definition) is 0. The van der Waals surface area contributed by atoms with Crippen molar-refractivity contribution in [2.75, 3.05) is 24.6 Å². The van der Waals surface area contributed by atoms with Crippen LogP contribution in [0, 0.1) is 5.92 Å². The van der Waals surface area contributed by atoms with Crippen molar-refractivity contribution in [2.45, 2.75) is 19.3 Å². The molecule has 7 heteroatoms. The normalized spacial score (nSPS) is 18.7. The summed E-state index contributed by atoms with van der Waals surface area (Å²) in [4.78, 5) is 2.03. The lowest BCUT2D eigenvalue weighted by atomic mass is 9.99. The number of anilines is 1. The van der Waals surface area contributed by atoms with Crippen LogP contribution in [0.5, 0.6) is 5.75 Å². The smallest absolute Gasteiger partial charge is 0.291 e. The van der Waals surface area contributed by atoms with Crippen LogP contribution in [0.2, 0.25) is 0 Å². The molecule has 118 valence electrons. The minimum Gasteiger partial charge on any atom is -0.493 e. The summed E-state index contributed by atoms with van der Waals surface area (Å²) in [6, 6.07) is 9.69. The topological polar surface area (TPSA) is 38.2 Å². The quantitative estimate of drug-likeness (QED) is 0.839. The van der Waals surface area contributed by atoms with Crippen molar-refractivity contribution < 1.29 is 13.5 Å². The molecular formula is C15H17F2N3OS. The van der Waals surface area contributed by atoms with Crippen LogP contribution < -0.4 is 9.64 Å². The summed E-state index contributed by atoms with van der Waals surface area (Å²) in [6.45, 7) is 2.23. The molecule has 0 aliphatic carbocycles. The number of ether oxygens (including phenoxy) is 1. The Bertz CT molecular complexity index is 593. The maximum Gasteiger partial charge on any atom is 0.291 e. The van der Waals surface area contributed by atoms with E-state index >= 15 is 0 Å². The highest BCUT2D eigenvalue weighted by Gasteiger charge is 2.24. The molecule has 2 heterocycles. The lowest BCUT2D eigenvalue weighted by Crippen LogP contribution is -2.37. The molecule has 1 aromatic carbocycles. The zero-order chi connectivity index (χ0) is 15.4. The van der Waals surface area contributed by atoms with Gasteiger partial charge < -0.3 is 9.64 Å². The highest BCUT2D eigenvalue weighted by atomic mass is 32.1. The van der Waals surface area contributed by atoms with Crippen LogP contribution in [0.4, 0.5) is 13.9 Å². The average molecular weight is 325 g/mol. The van der Waals surface area contributed by atoms with Gasteiger partial charge >= 0.3 is 0 Å². The zero-order valence-electron chi connectivity index (χ0n) is 12.0. The van der Waals surface area contributed by atoms with E-state index in [0.717, 1.165) is 43.0 Å². The van der Waals surface area contributed by atoms with Crippen LogP contribution in [0.3, 0.4) is 0 Å². The van der Waals surface area contributed by atoms with E-state index < -0.39 is 6.43 Å². The van der Waals surface area contributed by atoms with Crippen LogP contribution >= 0.6 is 11.3 Å². The summed E-state index contributed by atoms with van der Waals surface area (Å²) in [5.74, 6) is 1.23. The highest BCUT2D eigenvalue weighted by molar-refractivity contribution is 7.15. The lowest BCUT2D eigenvalue weighted by molar-refractivity contribution is 0.150. The molecule has 3 rings (SSSR count). The fourth-order valence-electron chi connectivity index (χ4n) is 2.55. The Morgan fingerprint density at radius 3 is 2.82 bits per heavy atom. The van der Waals surface area contributed by atoms with E-state index in [4.69, 9.17) is 4.74 Å². The maximum atomic E-state index is 12.6. The van der Waals surface area contributed by atoms with Crippen molar-refractivity contribution in [1.29, 1.82) is 0 Å². The van der Waals surface area contributed by atoms with Crippen molar-refractivity contribution >= 4 is 16.5 Å². The molecule has 4 nitrogen and oxygen atoms in total. The van der Waals surface area contributed by atoms with Crippen LogP contribution in [0.25, 0.3) is 0 Å². The summed E-state index contributed by atoms with van der Waals surface area (Å²) in [7, 11) is 0. The SMILES string of the molecule is FC(F)c1nnc(N2CCCC(COc3ccccc3)C2)s1. The molecule has 0 bridgehead atoms. The molecule has 1 unspecified atom stereocenters. The molecule has 1 atom stereocenters. The first-order valence-electron chi connectivity index (χ1n) is 7.26. The van der Waals surface area contributed by atoms with Gasteiger partial charge in [0.1, 0.15) is 5.75 Å². The van der Waals surface area contributed by atoms with E-state index in [2.05, 4.69) is 10.2 Å². The number of alkyl halides is 2. The number of halogens is 2. The van der Waals surface area contributed by atoms with Gasteiger partial charge in [0.05, 0.1) is 6.61 Å². The Hall–Kier alpha value is -1.76. The Labute approximate surface area is 131 Å². The summed E-state index contributed by atoms with van der Waals surface area (Å²) < 4.78 is 31.0. The monoisotopic (exact) mass is 325 g/mol. The Morgan fingerprint density at radius 2 is 2.09 bits per heavy atom. The number of hydrogen-bond acceptors (Lipinski definition) is 5. The van der Waals surface area contributed by atoms with E-state index in [0.29, 0.717) is 17.7 Å². The first kappa shape index (κ1) is 15.1. The zero-order valence-corrected chi connectivity index (χ0v) is 12.8. The molecule has 0 amide bonds. The van der Waals surface area contributed by atoms with Crippen molar-refractivity contribution in [2.24, 2.45) is 5.92 Å². The molecule has 1 aliphatic rings. The largest absolute Gasteiger partial charge is 0.493 e. The number of rotatable bonds is 5. The molecular weight excluding hydrogens is 308 g/mol. The predicted octanol–water partition coefficient (Wildman–Crippen LogP) is 3.77. The number of para-hydroxylation sites is 1. The summed E-state index contributed by atoms with van der Waals surface area (Å²) in [5.41, 5.74) is 0. The third kappa shape index (κ3) is 3.71. The molecule has 0 spiro atoms. The van der Waals surface area contributed by atoms with Crippen LogP contribution in [-0.4, -0.2) is 29.9 Å². The van der Waals surface area contributed by atoms with Crippen molar-refractivity contribution in [3.05, 3.63) is 35.3 Å². The summed E-state index contributed by atoms with van der Waals surface area (Å²) in [5, 5.41) is 7.82. The first-order chi connectivity index (χ1) is 10.7. The Balaban J connectivity index is 1.56. The van der Waals surface area contributed by atoms with Crippen molar-refractivity contribution in [3.63, 3.8) is 0 Å². The van der Waals surface area contributed by atoms with Crippen LogP contribution in [-0.2, 0) is 0 Å². The van der Waals surface area contributed by atoms with E-state index in [1.165, 1.54) is 0 Å². The maximum absolute atomic E-state index is 12.6. The second-order valence-corrected chi connectivity index (χ2v) is 6.29. The molecule has 2 aromatic rings. The molecule has 1 saturated heterocycles. The third-order valence-electron chi connectivity index (χ3n) is 3.64. The Kier molecular flexibility index (Phi) is 4.82. The van der Waals surface area contributed by atoms with E-state index in [-0.39, 0.29) is 5.01 Å². The van der Waals surface area contributed by atoms with Gasteiger partial charge in [-0.15, -0.1) is 10.2 Å². The van der Waals surface area contributed by atoms with Crippen molar-refractivity contribution in [3.8, 4) is 5.75 Å². The molecule has 1 aromatic heterocycles. The molecule has 1 aliphatic heterocycles. The summed E-state index contributed by atoms with van der Waals surface area (Å²) in [6.07, 6.45) is -0.468. The average Bonchev–Trinajstić information content (AvgIpc) is 3.05. The second kappa shape index (κ2) is 7.00. The van der Waals surface area contributed by atoms with Gasteiger partial charge in [-0.1, -0.05) is 29.5 Å². The third-order valence-corrected chi connectivity index (χ3v) is 4.63. The summed E-state index contributed by atoms with van der Waals surface area (Å²) >= 11 is 0.977. The van der Waals surface area contributed by atoms with E-state index in [1.807, 2.05) is 35.2 Å². The number of aromatic nitrogens is 2. The molecule has 0 saturated carbocycles. The lowest BCUT2D eigenvalue weighted by Gasteiger charge is -2.32. The number of nitrogens with zero attached hydrogens (tertiary/aromatic N) is 3. The van der Waals surface area contributed by atoms with Gasteiger partial charge in [0.2, 0.25) is 5.13 Å². The fraction of sp³-hybridized carbons (Fsp3) is 0.467. The van der Waals surface area contributed by atoms with Gasteiger partial charge in [-0.3, -0.25) is 0 Å². The van der Waals surface area contributed by atoms with Gasteiger partial charge in [0.15, 0.2) is 5.01 Å². The minimum absolute atomic E-state index is 0.211. The molecule has 0 N–H and O–H groups in total. The van der Waals surface area contributed by atoms with E-state index in [1.54, 1.807) is 0 Å². The van der Waals surface area contributed by atoms with Crippen LogP contribution in [0.1, 0.15) is 24.3 Å². The second-order valence-electron chi connectivity index (χ2n) is 5.30. The van der Waals surface area contributed by atoms with E-state index in [9.17, 15) is 8.78 Å². The Morgan fingerprint density at radius 1 is 1.27 bits per heavy atom. The van der Waals surface area contributed by atoms with Crippen LogP contribution in [0.15, 0.2) is 30.3 Å².